The first-order valence-corrected chi connectivity index (χ1v) is 9.68. The summed E-state index contributed by atoms with van der Waals surface area (Å²) in [5.41, 5.74) is 2.79. The van der Waals surface area contributed by atoms with Crippen LogP contribution in [0.5, 0.6) is 11.5 Å². The monoisotopic (exact) mass is 368 g/mol. The average molecular weight is 368 g/mol. The Balaban J connectivity index is 1.70. The van der Waals surface area contributed by atoms with Crippen LogP contribution in [0.2, 0.25) is 0 Å². The molecular weight excluding hydrogens is 348 g/mol. The molecule has 3 aromatic rings. The van der Waals surface area contributed by atoms with Gasteiger partial charge < -0.3 is 4.74 Å². The molecule has 26 heavy (non-hydrogen) atoms. The molecule has 0 aliphatic carbocycles. The van der Waals surface area contributed by atoms with E-state index in [0.29, 0.717) is 11.5 Å². The predicted molar refractivity (Wildman–Crippen MR) is 101 cm³/mol. The van der Waals surface area contributed by atoms with E-state index in [0.717, 1.165) is 16.8 Å². The van der Waals surface area contributed by atoms with Crippen LogP contribution in [-0.4, -0.2) is 13.4 Å². The fraction of sp³-hybridized carbons (Fsp3) is 0.150. The Morgan fingerprint density at radius 1 is 0.923 bits per heavy atom. The van der Waals surface area contributed by atoms with E-state index in [-0.39, 0.29) is 11.4 Å². The minimum Gasteiger partial charge on any atom is -0.457 e. The standard InChI is InChI=1S/C20H20N2O3S/c1-15-16(2)21-13-12-17(15)14-22-26(23,24)20-10-8-19(9-11-20)25-18-6-4-3-5-7-18/h3-13,22H,14H2,1-2H3. The van der Waals surface area contributed by atoms with Crippen LogP contribution >= 0.6 is 0 Å². The van der Waals surface area contributed by atoms with Crippen LogP contribution in [0.1, 0.15) is 16.8 Å². The first-order valence-electron chi connectivity index (χ1n) is 8.19. The Morgan fingerprint density at radius 3 is 2.27 bits per heavy atom. The van der Waals surface area contributed by atoms with Crippen molar-refractivity contribution in [2.75, 3.05) is 0 Å². The summed E-state index contributed by atoms with van der Waals surface area (Å²) in [6, 6.07) is 17.5. The third-order valence-corrected chi connectivity index (χ3v) is 5.55. The van der Waals surface area contributed by atoms with Gasteiger partial charge in [-0.25, -0.2) is 13.1 Å². The van der Waals surface area contributed by atoms with Crippen LogP contribution in [0.15, 0.2) is 71.8 Å². The van der Waals surface area contributed by atoms with E-state index in [1.807, 2.05) is 50.2 Å². The highest BCUT2D eigenvalue weighted by atomic mass is 32.2. The van der Waals surface area contributed by atoms with Crippen molar-refractivity contribution in [3.05, 3.63) is 83.7 Å². The Bertz CT molecular complexity index is 985. The maximum atomic E-state index is 12.5. The molecule has 0 fully saturated rings. The number of pyridine rings is 1. The molecule has 1 N–H and O–H groups in total. The molecular formula is C20H20N2O3S. The summed E-state index contributed by atoms with van der Waals surface area (Å²) in [5.74, 6) is 1.28. The topological polar surface area (TPSA) is 68.3 Å². The second-order valence-corrected chi connectivity index (χ2v) is 7.66. The molecule has 6 heteroatoms. The van der Waals surface area contributed by atoms with Gasteiger partial charge in [0, 0.05) is 18.4 Å². The predicted octanol–water partition coefficient (Wildman–Crippen LogP) is 3.97. The molecule has 2 aromatic carbocycles. The molecule has 0 aliphatic rings. The van der Waals surface area contributed by atoms with Crippen molar-refractivity contribution in [2.24, 2.45) is 0 Å². The van der Waals surface area contributed by atoms with Gasteiger partial charge in [-0.05, 0) is 67.4 Å². The highest BCUT2D eigenvalue weighted by Gasteiger charge is 2.14. The Morgan fingerprint density at radius 2 is 1.58 bits per heavy atom. The average Bonchev–Trinajstić information content (AvgIpc) is 2.64. The number of para-hydroxylation sites is 1. The molecule has 3 rings (SSSR count). The quantitative estimate of drug-likeness (QED) is 0.715. The number of nitrogens with zero attached hydrogens (tertiary/aromatic N) is 1. The molecule has 5 nitrogen and oxygen atoms in total. The lowest BCUT2D eigenvalue weighted by molar-refractivity contribution is 0.482. The van der Waals surface area contributed by atoms with Crippen molar-refractivity contribution in [3.8, 4) is 11.5 Å². The van der Waals surface area contributed by atoms with Crippen LogP contribution in [0.4, 0.5) is 0 Å². The van der Waals surface area contributed by atoms with E-state index in [2.05, 4.69) is 9.71 Å². The summed E-state index contributed by atoms with van der Waals surface area (Å²) in [7, 11) is -3.60. The fourth-order valence-corrected chi connectivity index (χ4v) is 3.46. The molecule has 134 valence electrons. The molecule has 0 bridgehead atoms. The maximum absolute atomic E-state index is 12.5. The lowest BCUT2D eigenvalue weighted by Crippen LogP contribution is -2.23. The van der Waals surface area contributed by atoms with Gasteiger partial charge in [0.2, 0.25) is 10.0 Å². The number of aromatic nitrogens is 1. The largest absolute Gasteiger partial charge is 0.457 e. The fourth-order valence-electron chi connectivity index (χ4n) is 2.45. The van der Waals surface area contributed by atoms with Crippen LogP contribution in [-0.2, 0) is 16.6 Å². The number of rotatable bonds is 6. The number of hydrogen-bond acceptors (Lipinski definition) is 4. The van der Waals surface area contributed by atoms with Gasteiger partial charge >= 0.3 is 0 Å². The van der Waals surface area contributed by atoms with E-state index < -0.39 is 10.0 Å². The Labute approximate surface area is 153 Å². The molecule has 0 saturated heterocycles. The normalized spacial score (nSPS) is 11.3. The van der Waals surface area contributed by atoms with E-state index >= 15 is 0 Å². The molecule has 0 saturated carbocycles. The van der Waals surface area contributed by atoms with Crippen molar-refractivity contribution >= 4 is 10.0 Å². The molecule has 0 unspecified atom stereocenters. The van der Waals surface area contributed by atoms with Gasteiger partial charge in [0.1, 0.15) is 11.5 Å². The van der Waals surface area contributed by atoms with Crippen LogP contribution in [0.3, 0.4) is 0 Å². The highest BCUT2D eigenvalue weighted by molar-refractivity contribution is 7.89. The van der Waals surface area contributed by atoms with Crippen molar-refractivity contribution < 1.29 is 13.2 Å². The van der Waals surface area contributed by atoms with Crippen LogP contribution in [0.25, 0.3) is 0 Å². The van der Waals surface area contributed by atoms with Gasteiger partial charge in [-0.3, -0.25) is 4.98 Å². The first kappa shape index (κ1) is 18.1. The summed E-state index contributed by atoms with van der Waals surface area (Å²) in [6.07, 6.45) is 1.68. The van der Waals surface area contributed by atoms with Gasteiger partial charge in [-0.15, -0.1) is 0 Å². The maximum Gasteiger partial charge on any atom is 0.240 e. The van der Waals surface area contributed by atoms with Gasteiger partial charge in [-0.1, -0.05) is 18.2 Å². The third kappa shape index (κ3) is 4.28. The van der Waals surface area contributed by atoms with Gasteiger partial charge in [0.05, 0.1) is 4.90 Å². The number of ether oxygens (including phenoxy) is 1. The van der Waals surface area contributed by atoms with E-state index in [1.54, 1.807) is 18.3 Å². The second-order valence-electron chi connectivity index (χ2n) is 5.89. The summed E-state index contributed by atoms with van der Waals surface area (Å²) in [5, 5.41) is 0. The van der Waals surface area contributed by atoms with Crippen molar-refractivity contribution in [1.29, 1.82) is 0 Å². The molecule has 0 spiro atoms. The van der Waals surface area contributed by atoms with E-state index in [9.17, 15) is 8.42 Å². The first-order chi connectivity index (χ1) is 12.5. The summed E-state index contributed by atoms with van der Waals surface area (Å²) < 4.78 is 33.3. The molecule has 0 radical (unpaired) electrons. The van der Waals surface area contributed by atoms with E-state index in [4.69, 9.17) is 4.74 Å². The minimum atomic E-state index is -3.60. The second kappa shape index (κ2) is 7.68. The molecule has 1 heterocycles. The zero-order chi connectivity index (χ0) is 18.6. The number of aryl methyl sites for hydroxylation is 1. The number of sulfonamides is 1. The zero-order valence-electron chi connectivity index (χ0n) is 14.6. The van der Waals surface area contributed by atoms with Crippen LogP contribution < -0.4 is 9.46 Å². The number of hydrogen-bond donors (Lipinski definition) is 1. The smallest absolute Gasteiger partial charge is 0.240 e. The van der Waals surface area contributed by atoms with Gasteiger partial charge in [0.25, 0.3) is 0 Å². The van der Waals surface area contributed by atoms with Gasteiger partial charge in [0.15, 0.2) is 0 Å². The Kier molecular flexibility index (Phi) is 5.35. The number of benzene rings is 2. The summed E-state index contributed by atoms with van der Waals surface area (Å²) in [6.45, 7) is 4.06. The molecule has 0 aliphatic heterocycles. The Hall–Kier alpha value is -2.70. The minimum absolute atomic E-state index is 0.196. The number of nitrogens with one attached hydrogen (secondary N) is 1. The van der Waals surface area contributed by atoms with Crippen molar-refractivity contribution in [3.63, 3.8) is 0 Å². The van der Waals surface area contributed by atoms with E-state index in [1.165, 1.54) is 12.1 Å². The molecule has 0 atom stereocenters. The van der Waals surface area contributed by atoms with Gasteiger partial charge in [-0.2, -0.15) is 0 Å². The lowest BCUT2D eigenvalue weighted by atomic mass is 10.1. The zero-order valence-corrected chi connectivity index (χ0v) is 15.5. The van der Waals surface area contributed by atoms with Crippen LogP contribution in [0, 0.1) is 13.8 Å². The SMILES string of the molecule is Cc1nccc(CNS(=O)(=O)c2ccc(Oc3ccccc3)cc2)c1C. The molecule has 0 amide bonds. The third-order valence-electron chi connectivity index (χ3n) is 4.13. The van der Waals surface area contributed by atoms with Crippen molar-refractivity contribution in [2.45, 2.75) is 25.3 Å². The summed E-state index contributed by atoms with van der Waals surface area (Å²) >= 11 is 0. The lowest BCUT2D eigenvalue weighted by Gasteiger charge is -2.11. The highest BCUT2D eigenvalue weighted by Crippen LogP contribution is 2.22. The molecule has 1 aromatic heterocycles. The summed E-state index contributed by atoms with van der Waals surface area (Å²) in [4.78, 5) is 4.39. The van der Waals surface area contributed by atoms with Crippen molar-refractivity contribution in [1.82, 2.24) is 9.71 Å².